The van der Waals surface area contributed by atoms with E-state index in [1.54, 1.807) is 6.92 Å². The van der Waals surface area contributed by atoms with Crippen molar-refractivity contribution in [3.05, 3.63) is 60.2 Å². The molecule has 0 atom stereocenters. The minimum Gasteiger partial charge on any atom is -0.371 e. The molecule has 0 aromatic heterocycles. The van der Waals surface area contributed by atoms with E-state index in [4.69, 9.17) is 12.2 Å². The molecule has 4 nitrogen and oxygen atoms in total. The number of carbonyl (C=O) groups is 1. The van der Waals surface area contributed by atoms with E-state index in [2.05, 4.69) is 46.4 Å². The Bertz CT molecular complexity index is 753. The Balaban J connectivity index is 1.52. The Labute approximate surface area is 160 Å². The number of carbonyl (C=O) groups excluding carboxylic acids is 1. The van der Waals surface area contributed by atoms with Gasteiger partial charge in [-0.1, -0.05) is 18.2 Å². The molecule has 5 heteroatoms. The molecule has 0 radical (unpaired) electrons. The van der Waals surface area contributed by atoms with Crippen LogP contribution in [0.15, 0.2) is 54.6 Å². The van der Waals surface area contributed by atoms with Gasteiger partial charge >= 0.3 is 0 Å². The molecule has 136 valence electrons. The van der Waals surface area contributed by atoms with Gasteiger partial charge in [0.2, 0.25) is 0 Å². The number of hydrogen-bond acceptors (Lipinski definition) is 3. The van der Waals surface area contributed by atoms with Crippen LogP contribution in [-0.2, 0) is 0 Å². The highest BCUT2D eigenvalue weighted by Gasteiger charge is 2.24. The molecule has 1 fully saturated rings. The molecule has 2 aromatic carbocycles. The minimum atomic E-state index is 0.0729. The third-order valence-corrected chi connectivity index (χ3v) is 5.37. The summed E-state index contributed by atoms with van der Waals surface area (Å²) in [4.78, 5) is 16.0. The lowest BCUT2D eigenvalue weighted by molar-refractivity contribution is 0.101. The first-order chi connectivity index (χ1) is 12.5. The summed E-state index contributed by atoms with van der Waals surface area (Å²) in [6.07, 6.45) is 2.16. The number of rotatable bonds is 4. The maximum atomic E-state index is 11.4. The van der Waals surface area contributed by atoms with Crippen molar-refractivity contribution in [1.29, 1.82) is 0 Å². The summed E-state index contributed by atoms with van der Waals surface area (Å²) in [7, 11) is 2.17. The van der Waals surface area contributed by atoms with E-state index in [9.17, 15) is 4.79 Å². The molecule has 2 aromatic rings. The molecule has 1 aliphatic rings. The zero-order chi connectivity index (χ0) is 18.5. The zero-order valence-electron chi connectivity index (χ0n) is 15.3. The summed E-state index contributed by atoms with van der Waals surface area (Å²) in [6.45, 7) is 3.46. The van der Waals surface area contributed by atoms with Gasteiger partial charge in [-0.05, 0) is 68.4 Å². The quantitative estimate of drug-likeness (QED) is 0.648. The molecule has 1 heterocycles. The Morgan fingerprint density at radius 3 is 2.27 bits per heavy atom. The number of ketones is 1. The fourth-order valence-corrected chi connectivity index (χ4v) is 3.62. The van der Waals surface area contributed by atoms with Crippen LogP contribution in [0, 0.1) is 0 Å². The van der Waals surface area contributed by atoms with Gasteiger partial charge in [0.15, 0.2) is 10.9 Å². The normalized spacial score (nSPS) is 14.8. The number of piperidine rings is 1. The second kappa shape index (κ2) is 8.32. The number of anilines is 2. The van der Waals surface area contributed by atoms with Crippen molar-refractivity contribution in [2.45, 2.75) is 25.8 Å². The lowest BCUT2D eigenvalue weighted by Crippen LogP contribution is -2.46. The lowest BCUT2D eigenvalue weighted by atomic mass is 10.0. The topological polar surface area (TPSA) is 35.6 Å². The van der Waals surface area contributed by atoms with Crippen LogP contribution in [0.4, 0.5) is 11.4 Å². The number of benzene rings is 2. The summed E-state index contributed by atoms with van der Waals surface area (Å²) < 4.78 is 0. The number of likely N-dealkylation sites (tertiary alicyclic amines) is 1. The van der Waals surface area contributed by atoms with Crippen LogP contribution in [0.3, 0.4) is 0 Å². The highest BCUT2D eigenvalue weighted by molar-refractivity contribution is 7.80. The summed E-state index contributed by atoms with van der Waals surface area (Å²) >= 11 is 5.57. The third kappa shape index (κ3) is 4.41. The van der Waals surface area contributed by atoms with Gasteiger partial charge in [-0.2, -0.15) is 0 Å². The molecule has 1 N–H and O–H groups in total. The average Bonchev–Trinajstić information content (AvgIpc) is 2.68. The Kier molecular flexibility index (Phi) is 5.89. The Morgan fingerprint density at radius 2 is 1.69 bits per heavy atom. The van der Waals surface area contributed by atoms with Crippen LogP contribution < -0.4 is 10.2 Å². The summed E-state index contributed by atoms with van der Waals surface area (Å²) in [6, 6.07) is 18.5. The van der Waals surface area contributed by atoms with Crippen LogP contribution in [0.25, 0.3) is 0 Å². The van der Waals surface area contributed by atoms with E-state index < -0.39 is 0 Å². The molecular formula is C21H25N3OS. The van der Waals surface area contributed by atoms with Crippen molar-refractivity contribution in [2.24, 2.45) is 0 Å². The number of thiocarbonyl (C=S) groups is 1. The van der Waals surface area contributed by atoms with Gasteiger partial charge < -0.3 is 15.1 Å². The van der Waals surface area contributed by atoms with Gasteiger partial charge in [0.25, 0.3) is 0 Å². The van der Waals surface area contributed by atoms with Crippen LogP contribution in [0.2, 0.25) is 0 Å². The average molecular weight is 368 g/mol. The molecule has 1 saturated heterocycles. The van der Waals surface area contributed by atoms with Gasteiger partial charge in [-0.15, -0.1) is 0 Å². The second-order valence-corrected chi connectivity index (χ2v) is 7.12. The van der Waals surface area contributed by atoms with E-state index in [-0.39, 0.29) is 5.78 Å². The molecule has 0 saturated carbocycles. The SMILES string of the molecule is CC(=O)c1ccc(NC(=S)N2CCC(N(C)c3ccccc3)CC2)cc1. The monoisotopic (exact) mass is 367 g/mol. The number of hydrogen-bond donors (Lipinski definition) is 1. The largest absolute Gasteiger partial charge is 0.371 e. The predicted molar refractivity (Wildman–Crippen MR) is 112 cm³/mol. The number of Topliss-reactive ketones (excluding diaryl/α,β-unsaturated/α-hetero) is 1. The minimum absolute atomic E-state index is 0.0729. The van der Waals surface area contributed by atoms with Crippen molar-refractivity contribution in [1.82, 2.24) is 4.90 Å². The van der Waals surface area contributed by atoms with Crippen LogP contribution in [0.5, 0.6) is 0 Å². The molecule has 1 aliphatic heterocycles. The number of nitrogens with zero attached hydrogens (tertiary/aromatic N) is 2. The fourth-order valence-electron chi connectivity index (χ4n) is 3.32. The molecular weight excluding hydrogens is 342 g/mol. The first-order valence-electron chi connectivity index (χ1n) is 8.99. The first-order valence-corrected chi connectivity index (χ1v) is 9.40. The van der Waals surface area contributed by atoms with Gasteiger partial charge in [-0.3, -0.25) is 4.79 Å². The van der Waals surface area contributed by atoms with E-state index >= 15 is 0 Å². The van der Waals surface area contributed by atoms with Gasteiger partial charge in [0.1, 0.15) is 0 Å². The maximum Gasteiger partial charge on any atom is 0.173 e. The molecule has 0 bridgehead atoms. The number of nitrogens with one attached hydrogen (secondary N) is 1. The van der Waals surface area contributed by atoms with E-state index in [0.29, 0.717) is 11.6 Å². The Morgan fingerprint density at radius 1 is 1.08 bits per heavy atom. The molecule has 0 aliphatic carbocycles. The van der Waals surface area contributed by atoms with Crippen LogP contribution in [-0.4, -0.2) is 42.0 Å². The Hall–Kier alpha value is -2.40. The third-order valence-electron chi connectivity index (χ3n) is 5.01. The van der Waals surface area contributed by atoms with Crippen LogP contribution >= 0.6 is 12.2 Å². The van der Waals surface area contributed by atoms with Crippen molar-refractivity contribution >= 4 is 34.5 Å². The van der Waals surface area contributed by atoms with Gasteiger partial charge in [0.05, 0.1) is 0 Å². The lowest BCUT2D eigenvalue weighted by Gasteiger charge is -2.38. The van der Waals surface area contributed by atoms with E-state index in [1.807, 2.05) is 30.3 Å². The molecule has 3 rings (SSSR count). The summed E-state index contributed by atoms with van der Waals surface area (Å²) in [5.41, 5.74) is 2.90. The molecule has 0 spiro atoms. The second-order valence-electron chi connectivity index (χ2n) is 6.73. The van der Waals surface area contributed by atoms with E-state index in [1.165, 1.54) is 5.69 Å². The highest BCUT2D eigenvalue weighted by Crippen LogP contribution is 2.22. The van der Waals surface area contributed by atoms with Crippen molar-refractivity contribution in [2.75, 3.05) is 30.4 Å². The number of para-hydroxylation sites is 1. The molecule has 26 heavy (non-hydrogen) atoms. The zero-order valence-corrected chi connectivity index (χ0v) is 16.1. The fraction of sp³-hybridized carbons (Fsp3) is 0.333. The summed E-state index contributed by atoms with van der Waals surface area (Å²) in [5.74, 6) is 0.0729. The van der Waals surface area contributed by atoms with Crippen molar-refractivity contribution in [3.63, 3.8) is 0 Å². The smallest absolute Gasteiger partial charge is 0.173 e. The summed E-state index contributed by atoms with van der Waals surface area (Å²) in [5, 5.41) is 4.04. The predicted octanol–water partition coefficient (Wildman–Crippen LogP) is 4.19. The molecule has 0 amide bonds. The first kappa shape index (κ1) is 18.4. The van der Waals surface area contributed by atoms with Crippen molar-refractivity contribution in [3.8, 4) is 0 Å². The van der Waals surface area contributed by atoms with Gasteiger partial charge in [-0.25, -0.2) is 0 Å². The highest BCUT2D eigenvalue weighted by atomic mass is 32.1. The molecule has 0 unspecified atom stereocenters. The van der Waals surface area contributed by atoms with Gasteiger partial charge in [0, 0.05) is 43.1 Å². The maximum absolute atomic E-state index is 11.4. The standard InChI is InChI=1S/C21H25N3OS/c1-16(25)17-8-10-18(11-9-17)22-21(26)24-14-12-20(13-15-24)23(2)19-6-4-3-5-7-19/h3-11,20H,12-15H2,1-2H3,(H,22,26). The van der Waals surface area contributed by atoms with Crippen molar-refractivity contribution < 1.29 is 4.79 Å². The van der Waals surface area contributed by atoms with E-state index in [0.717, 1.165) is 36.7 Å². The van der Waals surface area contributed by atoms with Crippen LogP contribution in [0.1, 0.15) is 30.1 Å².